The average Bonchev–Trinajstić information content (AvgIpc) is 3.11. The fourth-order valence-corrected chi connectivity index (χ4v) is 3.74. The van der Waals surface area contributed by atoms with Gasteiger partial charge in [-0.05, 0) is 24.3 Å². The van der Waals surface area contributed by atoms with Gasteiger partial charge in [-0.25, -0.2) is 4.98 Å². The van der Waals surface area contributed by atoms with Crippen molar-refractivity contribution < 1.29 is 0 Å². The number of rotatable bonds is 1. The summed E-state index contributed by atoms with van der Waals surface area (Å²) in [6.45, 7) is 0. The quantitative estimate of drug-likeness (QED) is 0.690. The summed E-state index contributed by atoms with van der Waals surface area (Å²) in [5.41, 5.74) is 3.49. The molecule has 4 rings (SSSR count). The van der Waals surface area contributed by atoms with Crippen LogP contribution >= 0.6 is 11.8 Å². The Labute approximate surface area is 132 Å². The number of anilines is 1. The molecule has 0 aliphatic carbocycles. The summed E-state index contributed by atoms with van der Waals surface area (Å²) in [5.74, 6) is 0.617. The van der Waals surface area contributed by atoms with E-state index in [4.69, 9.17) is 0 Å². The number of thioether (sulfide) groups is 1. The van der Waals surface area contributed by atoms with Crippen LogP contribution in [0.1, 0.15) is 5.82 Å². The van der Waals surface area contributed by atoms with E-state index in [1.165, 1.54) is 0 Å². The molecule has 1 N–H and O–H groups in total. The number of allylic oxidation sites excluding steroid dienone is 1. The van der Waals surface area contributed by atoms with Crippen LogP contribution in [0.3, 0.4) is 0 Å². The summed E-state index contributed by atoms with van der Waals surface area (Å²) in [7, 11) is 1.98. The fourth-order valence-electron chi connectivity index (χ4n) is 2.59. The van der Waals surface area contributed by atoms with Gasteiger partial charge in [-0.2, -0.15) is 5.26 Å². The van der Waals surface area contributed by atoms with Crippen molar-refractivity contribution >= 4 is 34.1 Å². The van der Waals surface area contributed by atoms with Gasteiger partial charge in [0.25, 0.3) is 0 Å². The summed E-state index contributed by atoms with van der Waals surface area (Å²) in [6.07, 6.45) is 0. The Hall–Kier alpha value is -2.71. The highest BCUT2D eigenvalue weighted by Gasteiger charge is 2.26. The summed E-state index contributed by atoms with van der Waals surface area (Å²) in [6, 6.07) is 18.3. The first kappa shape index (κ1) is 13.0. The number of nitrogens with zero attached hydrogens (tertiary/aromatic N) is 3. The number of para-hydroxylation sites is 3. The molecule has 106 valence electrons. The number of fused-ring (bicyclic) bond motifs is 2. The Morgan fingerprint density at radius 3 is 2.73 bits per heavy atom. The summed E-state index contributed by atoms with van der Waals surface area (Å²) < 4.78 is 0. The van der Waals surface area contributed by atoms with Gasteiger partial charge in [-0.3, -0.25) is 0 Å². The fraction of sp³-hybridized carbons (Fsp3) is 0.0588. The SMILES string of the molecule is CN1/C(=C(/C#N)c2nc3ccccc3[nH]2)Sc2ccccc21. The van der Waals surface area contributed by atoms with Crippen LogP contribution in [0.2, 0.25) is 0 Å². The molecule has 1 aliphatic heterocycles. The van der Waals surface area contributed by atoms with Crippen molar-refractivity contribution in [1.29, 1.82) is 5.26 Å². The lowest BCUT2D eigenvalue weighted by atomic mass is 10.2. The van der Waals surface area contributed by atoms with Crippen LogP contribution in [0.5, 0.6) is 0 Å². The molecule has 0 saturated carbocycles. The number of nitrogens with one attached hydrogen (secondary N) is 1. The zero-order valence-electron chi connectivity index (χ0n) is 11.9. The zero-order chi connectivity index (χ0) is 15.1. The van der Waals surface area contributed by atoms with E-state index < -0.39 is 0 Å². The number of hydrogen-bond donors (Lipinski definition) is 1. The molecule has 1 aromatic heterocycles. The second-order valence-electron chi connectivity index (χ2n) is 5.02. The number of aromatic nitrogens is 2. The van der Waals surface area contributed by atoms with Crippen molar-refractivity contribution in [3.05, 3.63) is 59.4 Å². The molecule has 4 nitrogen and oxygen atoms in total. The Morgan fingerprint density at radius 2 is 1.95 bits per heavy atom. The molecule has 0 spiro atoms. The third kappa shape index (κ3) is 1.89. The van der Waals surface area contributed by atoms with Gasteiger partial charge in [-0.1, -0.05) is 36.0 Å². The molecule has 0 atom stereocenters. The molecular formula is C17H12N4S. The van der Waals surface area contributed by atoms with Crippen molar-refractivity contribution in [3.8, 4) is 6.07 Å². The lowest BCUT2D eigenvalue weighted by Crippen LogP contribution is -2.11. The van der Waals surface area contributed by atoms with E-state index in [0.29, 0.717) is 11.4 Å². The van der Waals surface area contributed by atoms with Crippen LogP contribution in [0.4, 0.5) is 5.69 Å². The molecule has 0 bridgehead atoms. The second kappa shape index (κ2) is 4.93. The molecule has 0 saturated heterocycles. The summed E-state index contributed by atoms with van der Waals surface area (Å²) in [4.78, 5) is 11.0. The summed E-state index contributed by atoms with van der Waals surface area (Å²) >= 11 is 1.60. The lowest BCUT2D eigenvalue weighted by Gasteiger charge is -2.14. The number of H-pyrrole nitrogens is 1. The number of hydrogen-bond acceptors (Lipinski definition) is 4. The predicted molar refractivity (Wildman–Crippen MR) is 89.3 cm³/mol. The van der Waals surface area contributed by atoms with Crippen molar-refractivity contribution in [2.75, 3.05) is 11.9 Å². The van der Waals surface area contributed by atoms with Gasteiger partial charge in [0, 0.05) is 11.9 Å². The molecule has 5 heteroatoms. The molecule has 2 heterocycles. The van der Waals surface area contributed by atoms with Crippen LogP contribution in [-0.4, -0.2) is 17.0 Å². The topological polar surface area (TPSA) is 55.7 Å². The van der Waals surface area contributed by atoms with Crippen LogP contribution < -0.4 is 4.90 Å². The van der Waals surface area contributed by atoms with E-state index in [0.717, 1.165) is 26.6 Å². The highest BCUT2D eigenvalue weighted by molar-refractivity contribution is 8.04. The molecule has 2 aromatic carbocycles. The van der Waals surface area contributed by atoms with Crippen LogP contribution in [0.25, 0.3) is 16.6 Å². The highest BCUT2D eigenvalue weighted by Crippen LogP contribution is 2.47. The Balaban J connectivity index is 1.88. The van der Waals surface area contributed by atoms with E-state index in [9.17, 15) is 5.26 Å². The lowest BCUT2D eigenvalue weighted by molar-refractivity contribution is 1.16. The van der Waals surface area contributed by atoms with Gasteiger partial charge in [0.05, 0.1) is 16.7 Å². The van der Waals surface area contributed by atoms with Crippen LogP contribution in [-0.2, 0) is 0 Å². The van der Waals surface area contributed by atoms with Crippen molar-refractivity contribution in [2.24, 2.45) is 0 Å². The molecule has 0 amide bonds. The van der Waals surface area contributed by atoms with Crippen molar-refractivity contribution in [3.63, 3.8) is 0 Å². The Morgan fingerprint density at radius 1 is 1.18 bits per heavy atom. The molecule has 22 heavy (non-hydrogen) atoms. The minimum Gasteiger partial charge on any atom is -0.337 e. The van der Waals surface area contributed by atoms with Gasteiger partial charge >= 0.3 is 0 Å². The van der Waals surface area contributed by atoms with E-state index in [1.54, 1.807) is 11.8 Å². The molecular weight excluding hydrogens is 292 g/mol. The monoisotopic (exact) mass is 304 g/mol. The Kier molecular flexibility index (Phi) is 2.91. The van der Waals surface area contributed by atoms with Crippen LogP contribution in [0, 0.1) is 11.3 Å². The maximum Gasteiger partial charge on any atom is 0.151 e. The van der Waals surface area contributed by atoms with Gasteiger partial charge < -0.3 is 9.88 Å². The average molecular weight is 304 g/mol. The highest BCUT2D eigenvalue weighted by atomic mass is 32.2. The van der Waals surface area contributed by atoms with E-state index in [1.807, 2.05) is 48.3 Å². The standard InChI is InChI=1S/C17H12N4S/c1-21-14-8-4-5-9-15(14)22-17(21)11(10-18)16-19-12-6-2-3-7-13(12)20-16/h2-9H,1H3,(H,19,20)/b17-11+. The van der Waals surface area contributed by atoms with Crippen molar-refractivity contribution in [2.45, 2.75) is 4.90 Å². The molecule has 0 unspecified atom stereocenters. The Bertz CT molecular complexity index is 915. The minimum atomic E-state index is 0.569. The largest absolute Gasteiger partial charge is 0.337 e. The minimum absolute atomic E-state index is 0.569. The zero-order valence-corrected chi connectivity index (χ0v) is 12.7. The second-order valence-corrected chi connectivity index (χ2v) is 6.05. The van der Waals surface area contributed by atoms with Gasteiger partial charge in [0.2, 0.25) is 0 Å². The first-order valence-electron chi connectivity index (χ1n) is 6.88. The summed E-state index contributed by atoms with van der Waals surface area (Å²) in [5, 5.41) is 10.6. The van der Waals surface area contributed by atoms with Crippen molar-refractivity contribution in [1.82, 2.24) is 9.97 Å². The van der Waals surface area contributed by atoms with Gasteiger partial charge in [0.15, 0.2) is 5.82 Å². The molecule has 0 fully saturated rings. The van der Waals surface area contributed by atoms with E-state index in [-0.39, 0.29) is 0 Å². The smallest absolute Gasteiger partial charge is 0.151 e. The number of aromatic amines is 1. The van der Waals surface area contributed by atoms with Crippen LogP contribution in [0.15, 0.2) is 58.5 Å². The maximum atomic E-state index is 9.65. The predicted octanol–water partition coefficient (Wildman–Crippen LogP) is 4.00. The van der Waals surface area contributed by atoms with Gasteiger partial charge in [-0.15, -0.1) is 0 Å². The molecule has 3 aromatic rings. The van der Waals surface area contributed by atoms with E-state index in [2.05, 4.69) is 28.2 Å². The molecule has 0 radical (unpaired) electrons. The first-order chi connectivity index (χ1) is 10.8. The third-order valence-electron chi connectivity index (χ3n) is 3.69. The normalized spacial score (nSPS) is 15.7. The molecule has 1 aliphatic rings. The van der Waals surface area contributed by atoms with E-state index >= 15 is 0 Å². The third-order valence-corrected chi connectivity index (χ3v) is 4.93. The first-order valence-corrected chi connectivity index (χ1v) is 7.69. The number of nitriles is 1. The maximum absolute atomic E-state index is 9.65. The number of imidazole rings is 1. The number of benzene rings is 2. The van der Waals surface area contributed by atoms with Gasteiger partial charge in [0.1, 0.15) is 16.7 Å².